The molecule has 0 aliphatic heterocycles. The summed E-state index contributed by atoms with van der Waals surface area (Å²) < 4.78 is 2.96. The van der Waals surface area contributed by atoms with Crippen molar-refractivity contribution < 1.29 is 9.90 Å². The van der Waals surface area contributed by atoms with Crippen molar-refractivity contribution in [1.29, 1.82) is 0 Å². The fourth-order valence-corrected chi connectivity index (χ4v) is 5.74. The second-order valence-electron chi connectivity index (χ2n) is 9.42. The Balaban J connectivity index is 1.62. The number of thiazole rings is 1. The molecule has 2 aromatic heterocycles. The number of halogens is 1. The summed E-state index contributed by atoms with van der Waals surface area (Å²) in [6.07, 6.45) is 3.93. The van der Waals surface area contributed by atoms with Crippen LogP contribution in [0.1, 0.15) is 25.0 Å². The smallest absolute Gasteiger partial charge is 0.307 e. The molecule has 5 aromatic rings. The summed E-state index contributed by atoms with van der Waals surface area (Å²) >= 11 is 7.72. The second-order valence-corrected chi connectivity index (χ2v) is 10.9. The maximum Gasteiger partial charge on any atom is 0.307 e. The van der Waals surface area contributed by atoms with Crippen LogP contribution in [0.25, 0.3) is 43.0 Å². The molecule has 0 fully saturated rings. The molecule has 0 saturated heterocycles. The van der Waals surface area contributed by atoms with Crippen molar-refractivity contribution in [2.45, 2.75) is 33.7 Å². The number of fused-ring (bicyclic) bond motifs is 1. The Labute approximate surface area is 219 Å². The number of hydrogen-bond donors (Lipinski definition) is 1. The molecule has 3 aromatic carbocycles. The number of rotatable bonds is 7. The third-order valence-electron chi connectivity index (χ3n) is 6.10. The summed E-state index contributed by atoms with van der Waals surface area (Å²) in [6, 6.07) is 17.9. The number of aryl methyl sites for hydroxylation is 1. The summed E-state index contributed by atoms with van der Waals surface area (Å²) in [6.45, 7) is 7.18. The van der Waals surface area contributed by atoms with E-state index in [-0.39, 0.29) is 6.42 Å². The van der Waals surface area contributed by atoms with Gasteiger partial charge < -0.3 is 5.11 Å². The Morgan fingerprint density at radius 3 is 2.53 bits per heavy atom. The Hall–Kier alpha value is -3.48. The van der Waals surface area contributed by atoms with Gasteiger partial charge in [-0.15, -0.1) is 11.3 Å². The molecule has 0 unspecified atom stereocenters. The van der Waals surface area contributed by atoms with Gasteiger partial charge in [-0.05, 0) is 59.4 Å². The summed E-state index contributed by atoms with van der Waals surface area (Å²) in [5, 5.41) is 15.7. The Morgan fingerprint density at radius 2 is 1.81 bits per heavy atom. The SMILES string of the molecule is Cc1cc2nc(-c3cccc(-c4cnn(CC(C)C)c4)c3)sc2c(-c2ccc(Cl)cc2)c1CC(=O)O. The minimum Gasteiger partial charge on any atom is -0.481 e. The average Bonchev–Trinajstić information content (AvgIpc) is 3.47. The van der Waals surface area contributed by atoms with Gasteiger partial charge >= 0.3 is 5.97 Å². The molecule has 0 atom stereocenters. The van der Waals surface area contributed by atoms with E-state index in [4.69, 9.17) is 16.6 Å². The first-order valence-electron chi connectivity index (χ1n) is 11.8. The fraction of sp³-hybridized carbons (Fsp3) is 0.207. The average molecular weight is 516 g/mol. The summed E-state index contributed by atoms with van der Waals surface area (Å²) in [4.78, 5) is 16.7. The van der Waals surface area contributed by atoms with E-state index >= 15 is 0 Å². The molecular formula is C29H26ClN3O2S. The van der Waals surface area contributed by atoms with Crippen molar-refractivity contribution >= 4 is 39.1 Å². The predicted octanol–water partition coefficient (Wildman–Crippen LogP) is 7.74. The topological polar surface area (TPSA) is 68.0 Å². The van der Waals surface area contributed by atoms with Crippen LogP contribution in [0.5, 0.6) is 0 Å². The monoisotopic (exact) mass is 515 g/mol. The molecule has 0 spiro atoms. The van der Waals surface area contributed by atoms with Gasteiger partial charge in [-0.1, -0.05) is 55.8 Å². The highest BCUT2D eigenvalue weighted by Crippen LogP contribution is 2.41. The molecule has 7 heteroatoms. The standard InChI is InChI=1S/C29H26ClN3O2S/c1-17(2)15-33-16-22(14-31-33)20-5-4-6-21(12-20)29-32-25-11-18(3)24(13-26(34)35)27(28(25)36-29)19-7-9-23(30)10-8-19/h4-12,14,16-17H,13,15H2,1-3H3,(H,34,35). The lowest BCUT2D eigenvalue weighted by Crippen LogP contribution is -2.04. The van der Waals surface area contributed by atoms with E-state index in [9.17, 15) is 9.90 Å². The highest BCUT2D eigenvalue weighted by atomic mass is 35.5. The predicted molar refractivity (Wildman–Crippen MR) is 148 cm³/mol. The first-order valence-corrected chi connectivity index (χ1v) is 13.0. The van der Waals surface area contributed by atoms with Crippen molar-refractivity contribution in [2.75, 3.05) is 0 Å². The van der Waals surface area contributed by atoms with Gasteiger partial charge in [-0.2, -0.15) is 5.10 Å². The number of aromatic nitrogens is 3. The van der Waals surface area contributed by atoms with E-state index in [0.717, 1.165) is 60.7 Å². The lowest BCUT2D eigenvalue weighted by molar-refractivity contribution is -0.136. The minimum atomic E-state index is -0.858. The second kappa shape index (κ2) is 9.88. The van der Waals surface area contributed by atoms with Gasteiger partial charge in [-0.3, -0.25) is 9.48 Å². The molecule has 0 amide bonds. The number of carbonyl (C=O) groups is 1. The first-order chi connectivity index (χ1) is 17.3. The van der Waals surface area contributed by atoms with Gasteiger partial charge in [0.25, 0.3) is 0 Å². The zero-order chi connectivity index (χ0) is 25.4. The summed E-state index contributed by atoms with van der Waals surface area (Å²) in [5.41, 5.74) is 7.61. The van der Waals surface area contributed by atoms with Crippen LogP contribution in [0.4, 0.5) is 0 Å². The normalized spacial score (nSPS) is 11.5. The van der Waals surface area contributed by atoms with Crippen LogP contribution in [-0.2, 0) is 17.8 Å². The van der Waals surface area contributed by atoms with E-state index in [0.29, 0.717) is 10.9 Å². The fourth-order valence-electron chi connectivity index (χ4n) is 4.48. The van der Waals surface area contributed by atoms with Gasteiger partial charge in [-0.25, -0.2) is 4.98 Å². The molecule has 2 heterocycles. The van der Waals surface area contributed by atoms with E-state index in [1.54, 1.807) is 11.3 Å². The van der Waals surface area contributed by atoms with Gasteiger partial charge in [0.05, 0.1) is 22.8 Å². The zero-order valence-corrected chi connectivity index (χ0v) is 21.9. The lowest BCUT2D eigenvalue weighted by Gasteiger charge is -2.13. The minimum absolute atomic E-state index is 0.0528. The summed E-state index contributed by atoms with van der Waals surface area (Å²) in [5.74, 6) is -0.334. The van der Waals surface area contributed by atoms with E-state index in [2.05, 4.69) is 43.3 Å². The molecule has 5 nitrogen and oxygen atoms in total. The number of hydrogen-bond acceptors (Lipinski definition) is 4. The van der Waals surface area contributed by atoms with Gasteiger partial charge in [0.1, 0.15) is 5.01 Å². The van der Waals surface area contributed by atoms with E-state index in [1.165, 1.54) is 0 Å². The number of nitrogens with zero attached hydrogens (tertiary/aromatic N) is 3. The van der Waals surface area contributed by atoms with Gasteiger partial charge in [0.15, 0.2) is 0 Å². The Morgan fingerprint density at radius 1 is 1.06 bits per heavy atom. The van der Waals surface area contributed by atoms with Crippen molar-refractivity contribution in [1.82, 2.24) is 14.8 Å². The largest absolute Gasteiger partial charge is 0.481 e. The van der Waals surface area contributed by atoms with Crippen LogP contribution in [0, 0.1) is 12.8 Å². The quantitative estimate of drug-likeness (QED) is 0.241. The molecule has 0 saturated carbocycles. The van der Waals surface area contributed by atoms with Crippen LogP contribution in [0.15, 0.2) is 67.0 Å². The molecule has 36 heavy (non-hydrogen) atoms. The Bertz CT molecular complexity index is 1570. The summed E-state index contributed by atoms with van der Waals surface area (Å²) in [7, 11) is 0. The van der Waals surface area contributed by atoms with Crippen molar-refractivity contribution in [3.63, 3.8) is 0 Å². The number of benzene rings is 3. The van der Waals surface area contributed by atoms with Crippen LogP contribution < -0.4 is 0 Å². The number of aliphatic carboxylic acids is 1. The first kappa shape index (κ1) is 24.2. The molecule has 0 radical (unpaired) electrons. The van der Waals surface area contributed by atoms with Gasteiger partial charge in [0.2, 0.25) is 0 Å². The van der Waals surface area contributed by atoms with Crippen molar-refractivity contribution in [2.24, 2.45) is 5.92 Å². The van der Waals surface area contributed by atoms with Crippen LogP contribution in [0.3, 0.4) is 0 Å². The molecule has 1 N–H and O–H groups in total. The third-order valence-corrected chi connectivity index (χ3v) is 7.49. The molecule has 5 rings (SSSR count). The number of carboxylic acid groups (broad SMARTS) is 1. The molecule has 0 aliphatic carbocycles. The molecular weight excluding hydrogens is 490 g/mol. The van der Waals surface area contributed by atoms with E-state index in [1.807, 2.05) is 54.2 Å². The van der Waals surface area contributed by atoms with Crippen LogP contribution in [0.2, 0.25) is 5.02 Å². The van der Waals surface area contributed by atoms with Crippen molar-refractivity contribution in [3.8, 4) is 32.8 Å². The zero-order valence-electron chi connectivity index (χ0n) is 20.3. The van der Waals surface area contributed by atoms with Crippen LogP contribution in [-0.4, -0.2) is 25.8 Å². The highest BCUT2D eigenvalue weighted by molar-refractivity contribution is 7.22. The maximum atomic E-state index is 11.7. The maximum absolute atomic E-state index is 11.7. The molecule has 0 aliphatic rings. The Kier molecular flexibility index (Phi) is 6.65. The third kappa shape index (κ3) is 4.92. The lowest BCUT2D eigenvalue weighted by atomic mass is 9.93. The molecule has 0 bridgehead atoms. The van der Waals surface area contributed by atoms with E-state index < -0.39 is 5.97 Å². The van der Waals surface area contributed by atoms with Gasteiger partial charge in [0, 0.05) is 34.5 Å². The van der Waals surface area contributed by atoms with Crippen molar-refractivity contribution in [3.05, 3.63) is 83.1 Å². The molecule has 182 valence electrons. The number of carboxylic acids is 1. The highest BCUT2D eigenvalue weighted by Gasteiger charge is 2.19. The van der Waals surface area contributed by atoms with Crippen LogP contribution >= 0.6 is 22.9 Å².